The van der Waals surface area contributed by atoms with E-state index >= 15 is 0 Å². The standard InChI is InChI=1S/C11H17N3OS/c1-15-9-10(12)13-16-11(9)14-5-7-3-2-4-8(7)6-14/h7-8H,2-6H2,1H3,(H2,12,13). The van der Waals surface area contributed by atoms with E-state index in [1.165, 1.54) is 30.8 Å². The number of hydrogen-bond donors (Lipinski definition) is 1. The lowest BCUT2D eigenvalue weighted by Crippen LogP contribution is -2.20. The molecule has 0 spiro atoms. The second-order valence-electron chi connectivity index (χ2n) is 4.76. The lowest BCUT2D eigenvalue weighted by molar-refractivity contribution is 0.418. The molecule has 2 N–H and O–H groups in total. The summed E-state index contributed by atoms with van der Waals surface area (Å²) >= 11 is 1.46. The molecule has 1 saturated carbocycles. The van der Waals surface area contributed by atoms with E-state index in [0.29, 0.717) is 5.82 Å². The van der Waals surface area contributed by atoms with Crippen LogP contribution in [0, 0.1) is 11.8 Å². The summed E-state index contributed by atoms with van der Waals surface area (Å²) in [5.41, 5.74) is 5.78. The SMILES string of the molecule is COc1c(N)nsc1N1CC2CCCC2C1. The Balaban J connectivity index is 1.83. The van der Waals surface area contributed by atoms with Crippen LogP contribution in [0.25, 0.3) is 0 Å². The van der Waals surface area contributed by atoms with Gasteiger partial charge in [-0.15, -0.1) is 0 Å². The molecular formula is C11H17N3OS. The van der Waals surface area contributed by atoms with Gasteiger partial charge >= 0.3 is 0 Å². The quantitative estimate of drug-likeness (QED) is 0.857. The third kappa shape index (κ3) is 1.45. The number of fused-ring (bicyclic) bond motifs is 1. The molecule has 5 heteroatoms. The molecule has 1 aromatic rings. The lowest BCUT2D eigenvalue weighted by atomic mass is 10.0. The van der Waals surface area contributed by atoms with Gasteiger partial charge in [0.1, 0.15) is 0 Å². The summed E-state index contributed by atoms with van der Waals surface area (Å²) in [6.07, 6.45) is 4.18. The first-order valence-corrected chi connectivity index (χ1v) is 6.61. The molecule has 2 aliphatic rings. The van der Waals surface area contributed by atoms with Crippen molar-refractivity contribution in [2.24, 2.45) is 11.8 Å². The Morgan fingerprint density at radius 1 is 1.38 bits per heavy atom. The maximum absolute atomic E-state index is 5.78. The molecule has 1 aliphatic heterocycles. The predicted octanol–water partition coefficient (Wildman–Crippen LogP) is 1.97. The molecule has 0 aromatic carbocycles. The van der Waals surface area contributed by atoms with Crippen molar-refractivity contribution in [1.29, 1.82) is 0 Å². The van der Waals surface area contributed by atoms with Crippen molar-refractivity contribution in [2.75, 3.05) is 30.8 Å². The highest BCUT2D eigenvalue weighted by molar-refractivity contribution is 7.11. The molecule has 2 unspecified atom stereocenters. The molecule has 0 bridgehead atoms. The first-order valence-electron chi connectivity index (χ1n) is 5.83. The summed E-state index contributed by atoms with van der Waals surface area (Å²) in [7, 11) is 1.67. The zero-order valence-corrected chi connectivity index (χ0v) is 10.3. The minimum absolute atomic E-state index is 0.527. The molecule has 88 valence electrons. The number of nitrogens with zero attached hydrogens (tertiary/aromatic N) is 2. The van der Waals surface area contributed by atoms with E-state index in [0.717, 1.165) is 35.7 Å². The van der Waals surface area contributed by atoms with Crippen LogP contribution in [0.3, 0.4) is 0 Å². The second kappa shape index (κ2) is 3.80. The first kappa shape index (κ1) is 10.2. The number of rotatable bonds is 2. The first-order chi connectivity index (χ1) is 7.79. The highest BCUT2D eigenvalue weighted by atomic mass is 32.1. The molecule has 16 heavy (non-hydrogen) atoms. The van der Waals surface area contributed by atoms with Gasteiger partial charge in [0, 0.05) is 13.1 Å². The third-order valence-corrected chi connectivity index (χ3v) is 4.78. The summed E-state index contributed by atoms with van der Waals surface area (Å²) in [4.78, 5) is 2.40. The molecule has 2 fully saturated rings. The van der Waals surface area contributed by atoms with E-state index in [-0.39, 0.29) is 0 Å². The molecule has 0 radical (unpaired) electrons. The fraction of sp³-hybridized carbons (Fsp3) is 0.727. The smallest absolute Gasteiger partial charge is 0.197 e. The largest absolute Gasteiger partial charge is 0.490 e. The van der Waals surface area contributed by atoms with Crippen molar-refractivity contribution in [1.82, 2.24) is 4.37 Å². The normalized spacial score (nSPS) is 28.4. The van der Waals surface area contributed by atoms with Crippen LogP contribution in [0.5, 0.6) is 5.75 Å². The Morgan fingerprint density at radius 2 is 2.06 bits per heavy atom. The van der Waals surface area contributed by atoms with Gasteiger partial charge in [0.25, 0.3) is 0 Å². The fourth-order valence-corrected chi connectivity index (χ4v) is 3.88. The summed E-state index contributed by atoms with van der Waals surface area (Å²) in [5.74, 6) is 3.06. The number of aromatic nitrogens is 1. The Bertz CT molecular complexity index is 381. The zero-order valence-electron chi connectivity index (χ0n) is 9.48. The van der Waals surface area contributed by atoms with Crippen LogP contribution in [0.4, 0.5) is 10.8 Å². The van der Waals surface area contributed by atoms with Gasteiger partial charge in [-0.1, -0.05) is 6.42 Å². The van der Waals surface area contributed by atoms with Crippen LogP contribution in [0.15, 0.2) is 0 Å². The van der Waals surface area contributed by atoms with Gasteiger partial charge < -0.3 is 15.4 Å². The third-order valence-electron chi connectivity index (χ3n) is 3.87. The molecule has 1 aromatic heterocycles. The predicted molar refractivity (Wildman–Crippen MR) is 66.1 cm³/mol. The van der Waals surface area contributed by atoms with Gasteiger partial charge in [-0.05, 0) is 36.2 Å². The van der Waals surface area contributed by atoms with Crippen molar-refractivity contribution < 1.29 is 4.74 Å². The van der Waals surface area contributed by atoms with Gasteiger partial charge in [-0.3, -0.25) is 0 Å². The second-order valence-corrected chi connectivity index (χ2v) is 5.51. The van der Waals surface area contributed by atoms with Crippen LogP contribution in [-0.4, -0.2) is 24.6 Å². The number of methoxy groups -OCH3 is 1. The zero-order chi connectivity index (χ0) is 11.1. The van der Waals surface area contributed by atoms with Crippen LogP contribution in [-0.2, 0) is 0 Å². The molecule has 0 amide bonds. The van der Waals surface area contributed by atoms with Gasteiger partial charge in [-0.25, -0.2) is 0 Å². The minimum Gasteiger partial charge on any atom is -0.490 e. The molecule has 1 saturated heterocycles. The van der Waals surface area contributed by atoms with Crippen LogP contribution in [0.2, 0.25) is 0 Å². The molecule has 2 atom stereocenters. The molecular weight excluding hydrogens is 222 g/mol. The van der Waals surface area contributed by atoms with Crippen LogP contribution in [0.1, 0.15) is 19.3 Å². The Kier molecular flexibility index (Phi) is 2.42. The average Bonchev–Trinajstić information content (AvgIpc) is 2.89. The molecule has 1 aliphatic carbocycles. The monoisotopic (exact) mass is 239 g/mol. The summed E-state index contributed by atoms with van der Waals surface area (Å²) in [6.45, 7) is 2.31. The van der Waals surface area contributed by atoms with E-state index in [2.05, 4.69) is 9.27 Å². The van der Waals surface area contributed by atoms with Gasteiger partial charge in [0.05, 0.1) is 7.11 Å². The summed E-state index contributed by atoms with van der Waals surface area (Å²) < 4.78 is 9.51. The van der Waals surface area contributed by atoms with Gasteiger partial charge in [0.2, 0.25) is 0 Å². The van der Waals surface area contributed by atoms with Crippen molar-refractivity contribution in [3.8, 4) is 5.75 Å². The molecule has 2 heterocycles. The summed E-state index contributed by atoms with van der Waals surface area (Å²) in [5, 5.41) is 1.12. The average molecular weight is 239 g/mol. The van der Waals surface area contributed by atoms with Crippen molar-refractivity contribution in [3.63, 3.8) is 0 Å². The Morgan fingerprint density at radius 3 is 2.69 bits per heavy atom. The maximum Gasteiger partial charge on any atom is 0.197 e. The van der Waals surface area contributed by atoms with Crippen molar-refractivity contribution in [2.45, 2.75) is 19.3 Å². The lowest BCUT2D eigenvalue weighted by Gasteiger charge is -2.17. The van der Waals surface area contributed by atoms with Crippen LogP contribution < -0.4 is 15.4 Å². The Hall–Kier alpha value is -0.970. The van der Waals surface area contributed by atoms with Crippen molar-refractivity contribution in [3.05, 3.63) is 0 Å². The summed E-state index contributed by atoms with van der Waals surface area (Å²) in [6, 6.07) is 0. The maximum atomic E-state index is 5.78. The topological polar surface area (TPSA) is 51.4 Å². The fourth-order valence-electron chi connectivity index (χ4n) is 3.08. The molecule has 3 rings (SSSR count). The molecule has 4 nitrogen and oxygen atoms in total. The minimum atomic E-state index is 0.527. The van der Waals surface area contributed by atoms with Crippen molar-refractivity contribution >= 4 is 22.4 Å². The number of nitrogen functional groups attached to an aromatic ring is 1. The van der Waals surface area contributed by atoms with Crippen LogP contribution >= 0.6 is 11.5 Å². The number of ether oxygens (including phenoxy) is 1. The number of nitrogens with two attached hydrogens (primary N) is 1. The van der Waals surface area contributed by atoms with E-state index in [9.17, 15) is 0 Å². The van der Waals surface area contributed by atoms with E-state index in [4.69, 9.17) is 10.5 Å². The number of hydrogen-bond acceptors (Lipinski definition) is 5. The highest BCUT2D eigenvalue weighted by Crippen LogP contribution is 2.45. The van der Waals surface area contributed by atoms with Gasteiger partial charge in [-0.2, -0.15) is 4.37 Å². The van der Waals surface area contributed by atoms with E-state index in [1.54, 1.807) is 7.11 Å². The van der Waals surface area contributed by atoms with E-state index in [1.807, 2.05) is 0 Å². The Labute approximate surface area is 99.6 Å². The van der Waals surface area contributed by atoms with Gasteiger partial charge in [0.15, 0.2) is 16.6 Å². The highest BCUT2D eigenvalue weighted by Gasteiger charge is 2.37. The number of anilines is 2. The van der Waals surface area contributed by atoms with E-state index < -0.39 is 0 Å².